The van der Waals surface area contributed by atoms with Gasteiger partial charge in [-0.25, -0.2) is 9.97 Å². The van der Waals surface area contributed by atoms with Crippen molar-refractivity contribution < 1.29 is 4.74 Å². The van der Waals surface area contributed by atoms with Crippen LogP contribution in [0.15, 0.2) is 18.2 Å². The van der Waals surface area contributed by atoms with Gasteiger partial charge in [-0.2, -0.15) is 0 Å². The lowest BCUT2D eigenvalue weighted by atomic mass is 10.4. The van der Waals surface area contributed by atoms with Crippen LogP contribution in [-0.4, -0.2) is 23.6 Å². The predicted octanol–water partition coefficient (Wildman–Crippen LogP) is 3.04. The van der Waals surface area contributed by atoms with E-state index in [9.17, 15) is 0 Å². The van der Waals surface area contributed by atoms with Crippen LogP contribution in [0.25, 0.3) is 0 Å². The molecule has 0 atom stereocenters. The number of thiophene rings is 1. The number of hydrogen-bond donors (Lipinski definition) is 2. The summed E-state index contributed by atoms with van der Waals surface area (Å²) < 4.78 is 5.10. The molecule has 0 aromatic carbocycles. The Morgan fingerprint density at radius 2 is 1.95 bits per heavy atom. The number of aromatic nitrogens is 2. The van der Waals surface area contributed by atoms with Crippen molar-refractivity contribution in [2.24, 2.45) is 0 Å². The number of rotatable bonds is 7. The minimum absolute atomic E-state index is 0.409. The maximum Gasteiger partial charge on any atom is 0.158 e. The van der Waals surface area contributed by atoms with Crippen LogP contribution in [0, 0.1) is 6.92 Å². The molecule has 0 aliphatic carbocycles. The van der Waals surface area contributed by atoms with E-state index < -0.39 is 0 Å². The van der Waals surface area contributed by atoms with E-state index in [4.69, 9.17) is 4.74 Å². The second kappa shape index (κ2) is 7.21. The van der Waals surface area contributed by atoms with E-state index in [0.29, 0.717) is 12.4 Å². The largest absolute Gasteiger partial charge is 0.377 e. The van der Waals surface area contributed by atoms with Crippen LogP contribution in [0.5, 0.6) is 0 Å². The van der Waals surface area contributed by atoms with Crippen LogP contribution in [0.3, 0.4) is 0 Å². The van der Waals surface area contributed by atoms with E-state index in [0.717, 1.165) is 24.7 Å². The molecule has 0 saturated carbocycles. The highest BCUT2D eigenvalue weighted by Crippen LogP contribution is 2.17. The molecule has 6 heteroatoms. The topological polar surface area (TPSA) is 59.1 Å². The third kappa shape index (κ3) is 4.18. The van der Waals surface area contributed by atoms with Gasteiger partial charge in [0.2, 0.25) is 0 Å². The summed E-state index contributed by atoms with van der Waals surface area (Å²) in [5.74, 6) is 2.31. The number of nitrogens with zero attached hydrogens (tertiary/aromatic N) is 2. The molecule has 2 aromatic rings. The van der Waals surface area contributed by atoms with E-state index in [-0.39, 0.29) is 0 Å². The average Bonchev–Trinajstić information content (AvgIpc) is 2.83. The summed E-state index contributed by atoms with van der Waals surface area (Å²) in [7, 11) is 1.64. The van der Waals surface area contributed by atoms with E-state index in [1.54, 1.807) is 18.4 Å². The van der Waals surface area contributed by atoms with Crippen molar-refractivity contribution in [3.05, 3.63) is 33.8 Å². The number of anilines is 2. The molecule has 20 heavy (non-hydrogen) atoms. The lowest BCUT2D eigenvalue weighted by molar-refractivity contribution is 0.178. The van der Waals surface area contributed by atoms with Gasteiger partial charge in [0.25, 0.3) is 0 Å². The fourth-order valence-corrected chi connectivity index (χ4v) is 2.64. The zero-order valence-corrected chi connectivity index (χ0v) is 12.9. The molecule has 108 valence electrons. The van der Waals surface area contributed by atoms with Crippen molar-refractivity contribution in [2.75, 3.05) is 24.3 Å². The van der Waals surface area contributed by atoms with Crippen molar-refractivity contribution in [1.82, 2.24) is 9.97 Å². The summed E-state index contributed by atoms with van der Waals surface area (Å²) in [5.41, 5.74) is 0. The summed E-state index contributed by atoms with van der Waals surface area (Å²) in [5, 5.41) is 6.54. The smallest absolute Gasteiger partial charge is 0.158 e. The molecule has 0 aliphatic heterocycles. The number of aryl methyl sites for hydroxylation is 1. The van der Waals surface area contributed by atoms with Crippen LogP contribution < -0.4 is 10.6 Å². The normalized spacial score (nSPS) is 10.6. The molecule has 0 radical (unpaired) electrons. The Morgan fingerprint density at radius 3 is 2.55 bits per heavy atom. The van der Waals surface area contributed by atoms with E-state index in [1.165, 1.54) is 9.75 Å². The standard InChI is InChI=1S/C14H20N4OS/c1-4-15-12-7-13(18-14(17-12)9-19-3)16-8-11-6-5-10(2)20-11/h5-7H,4,8-9H2,1-3H3,(H2,15,16,17,18). The van der Waals surface area contributed by atoms with Gasteiger partial charge in [0.15, 0.2) is 5.82 Å². The Morgan fingerprint density at radius 1 is 1.20 bits per heavy atom. The Kier molecular flexibility index (Phi) is 5.31. The lowest BCUT2D eigenvalue weighted by Crippen LogP contribution is -2.08. The SMILES string of the molecule is CCNc1cc(NCc2ccc(C)s2)nc(COC)n1. The first kappa shape index (κ1) is 14.7. The molecule has 0 unspecified atom stereocenters. The summed E-state index contributed by atoms with van der Waals surface area (Å²) in [6, 6.07) is 6.18. The summed E-state index contributed by atoms with van der Waals surface area (Å²) in [6.07, 6.45) is 0. The van der Waals surface area contributed by atoms with Gasteiger partial charge >= 0.3 is 0 Å². The Bertz CT molecular complexity index is 532. The third-order valence-electron chi connectivity index (χ3n) is 2.64. The highest BCUT2D eigenvalue weighted by atomic mass is 32.1. The average molecular weight is 292 g/mol. The lowest BCUT2D eigenvalue weighted by Gasteiger charge is -2.09. The van der Waals surface area contributed by atoms with Crippen molar-refractivity contribution in [2.45, 2.75) is 27.0 Å². The molecule has 2 aromatic heterocycles. The van der Waals surface area contributed by atoms with Crippen LogP contribution in [0.1, 0.15) is 22.5 Å². The highest BCUT2D eigenvalue weighted by Gasteiger charge is 2.05. The van der Waals surface area contributed by atoms with E-state index >= 15 is 0 Å². The van der Waals surface area contributed by atoms with Crippen LogP contribution in [-0.2, 0) is 17.9 Å². The van der Waals surface area contributed by atoms with Gasteiger partial charge in [0, 0.05) is 29.5 Å². The van der Waals surface area contributed by atoms with Gasteiger partial charge < -0.3 is 15.4 Å². The zero-order valence-electron chi connectivity index (χ0n) is 12.1. The molecule has 2 rings (SSSR count). The molecule has 0 spiro atoms. The molecule has 5 nitrogen and oxygen atoms in total. The molecule has 2 N–H and O–H groups in total. The quantitative estimate of drug-likeness (QED) is 0.821. The first-order chi connectivity index (χ1) is 9.71. The first-order valence-corrected chi connectivity index (χ1v) is 7.43. The summed E-state index contributed by atoms with van der Waals surface area (Å²) in [6.45, 7) is 6.16. The van der Waals surface area contributed by atoms with Crippen molar-refractivity contribution in [1.29, 1.82) is 0 Å². The zero-order chi connectivity index (χ0) is 14.4. The third-order valence-corrected chi connectivity index (χ3v) is 3.64. The first-order valence-electron chi connectivity index (χ1n) is 6.61. The van der Waals surface area contributed by atoms with Gasteiger partial charge in [-0.05, 0) is 26.0 Å². The Labute approximate surface area is 123 Å². The fourth-order valence-electron chi connectivity index (χ4n) is 1.81. The number of methoxy groups -OCH3 is 1. The number of nitrogens with one attached hydrogen (secondary N) is 2. The minimum Gasteiger partial charge on any atom is -0.377 e. The maximum atomic E-state index is 5.10. The Balaban J connectivity index is 2.08. The highest BCUT2D eigenvalue weighted by molar-refractivity contribution is 7.11. The molecule has 0 bridgehead atoms. The number of ether oxygens (including phenoxy) is 1. The summed E-state index contributed by atoms with van der Waals surface area (Å²) >= 11 is 1.79. The van der Waals surface area contributed by atoms with Gasteiger partial charge in [-0.1, -0.05) is 0 Å². The monoisotopic (exact) mass is 292 g/mol. The second-order valence-electron chi connectivity index (χ2n) is 4.38. The predicted molar refractivity (Wildman–Crippen MR) is 83.3 cm³/mol. The number of hydrogen-bond acceptors (Lipinski definition) is 6. The van der Waals surface area contributed by atoms with Crippen LogP contribution in [0.2, 0.25) is 0 Å². The minimum atomic E-state index is 0.409. The fraction of sp³-hybridized carbons (Fsp3) is 0.429. The van der Waals surface area contributed by atoms with Crippen LogP contribution >= 0.6 is 11.3 Å². The van der Waals surface area contributed by atoms with Crippen molar-refractivity contribution >= 4 is 23.0 Å². The van der Waals surface area contributed by atoms with E-state index in [2.05, 4.69) is 39.7 Å². The molecule has 0 saturated heterocycles. The molecule has 0 amide bonds. The van der Waals surface area contributed by atoms with Crippen molar-refractivity contribution in [3.8, 4) is 0 Å². The van der Waals surface area contributed by atoms with Gasteiger partial charge in [-0.15, -0.1) is 11.3 Å². The molecule has 2 heterocycles. The molecular formula is C14H20N4OS. The second-order valence-corrected chi connectivity index (χ2v) is 5.76. The molecular weight excluding hydrogens is 272 g/mol. The van der Waals surface area contributed by atoms with E-state index in [1.807, 2.05) is 13.0 Å². The van der Waals surface area contributed by atoms with Gasteiger partial charge in [-0.3, -0.25) is 0 Å². The molecule has 0 aliphatic rings. The van der Waals surface area contributed by atoms with Crippen molar-refractivity contribution in [3.63, 3.8) is 0 Å². The maximum absolute atomic E-state index is 5.10. The van der Waals surface area contributed by atoms with Gasteiger partial charge in [0.1, 0.15) is 18.2 Å². The molecule has 0 fully saturated rings. The van der Waals surface area contributed by atoms with Crippen LogP contribution in [0.4, 0.5) is 11.6 Å². The summed E-state index contributed by atoms with van der Waals surface area (Å²) in [4.78, 5) is 11.4. The van der Waals surface area contributed by atoms with Gasteiger partial charge in [0.05, 0.1) is 6.54 Å². The Hall–Kier alpha value is -1.66.